The summed E-state index contributed by atoms with van der Waals surface area (Å²) in [4.78, 5) is 16.8. The molecule has 1 aromatic carbocycles. The van der Waals surface area contributed by atoms with Crippen LogP contribution in [0.2, 0.25) is 0 Å². The lowest BCUT2D eigenvalue weighted by Gasteiger charge is -2.17. The number of nitrogens with zero attached hydrogens (tertiary/aromatic N) is 1. The van der Waals surface area contributed by atoms with Crippen molar-refractivity contribution in [2.75, 3.05) is 25.1 Å². The van der Waals surface area contributed by atoms with E-state index in [-0.39, 0.29) is 6.29 Å². The number of carbonyl (C=O) groups is 1. The van der Waals surface area contributed by atoms with Crippen LogP contribution in [0.5, 0.6) is 5.75 Å². The number of esters is 1. The predicted octanol–water partition coefficient (Wildman–Crippen LogP) is 4.72. The number of rotatable bonds is 10. The maximum absolute atomic E-state index is 12.6. The molecule has 2 heterocycles. The molecule has 148 valence electrons. The summed E-state index contributed by atoms with van der Waals surface area (Å²) in [5, 5.41) is 5.23. The Morgan fingerprint density at radius 3 is 2.79 bits per heavy atom. The van der Waals surface area contributed by atoms with Gasteiger partial charge in [0.2, 0.25) is 0 Å². The molecule has 3 rings (SSSR count). The summed E-state index contributed by atoms with van der Waals surface area (Å²) < 4.78 is 17.5. The average Bonchev–Trinajstić information content (AvgIpc) is 3.18. The molecule has 0 amide bonds. The van der Waals surface area contributed by atoms with E-state index in [0.717, 1.165) is 15.9 Å². The van der Waals surface area contributed by atoms with Crippen LogP contribution in [0.3, 0.4) is 0 Å². The first-order valence-electron chi connectivity index (χ1n) is 9.32. The van der Waals surface area contributed by atoms with Crippen molar-refractivity contribution in [3.63, 3.8) is 0 Å². The van der Waals surface area contributed by atoms with Gasteiger partial charge in [0.05, 0.1) is 15.8 Å². The molecular weight excluding hydrogens is 376 g/mol. The first-order chi connectivity index (χ1) is 13.7. The number of ether oxygens (including phenoxy) is 3. The number of hydrogen-bond donors (Lipinski definition) is 1. The Kier molecular flexibility index (Phi) is 7.36. The van der Waals surface area contributed by atoms with E-state index >= 15 is 0 Å². The molecule has 0 aliphatic heterocycles. The van der Waals surface area contributed by atoms with Gasteiger partial charge in [-0.15, -0.1) is 11.3 Å². The Bertz CT molecular complexity index is 906. The molecule has 2 aromatic heterocycles. The van der Waals surface area contributed by atoms with Gasteiger partial charge in [0.25, 0.3) is 0 Å². The second-order valence-electron chi connectivity index (χ2n) is 5.97. The molecular formula is C21H24N2O4S. The van der Waals surface area contributed by atoms with E-state index in [2.05, 4.69) is 10.3 Å². The molecule has 0 unspecified atom stereocenters. The molecule has 0 saturated carbocycles. The number of pyridine rings is 1. The average molecular weight is 401 g/mol. The summed E-state index contributed by atoms with van der Waals surface area (Å²) in [6.45, 7) is 5.78. The van der Waals surface area contributed by atoms with E-state index in [9.17, 15) is 4.79 Å². The van der Waals surface area contributed by atoms with Crippen molar-refractivity contribution in [2.45, 2.75) is 26.6 Å². The van der Waals surface area contributed by atoms with Crippen LogP contribution in [0.1, 0.15) is 30.6 Å². The molecule has 0 fully saturated rings. The number of anilines is 1. The van der Waals surface area contributed by atoms with Crippen molar-refractivity contribution in [3.05, 3.63) is 53.5 Å². The van der Waals surface area contributed by atoms with Crippen LogP contribution >= 0.6 is 11.3 Å². The Labute approximate surface area is 168 Å². The van der Waals surface area contributed by atoms with Crippen molar-refractivity contribution < 1.29 is 19.0 Å². The van der Waals surface area contributed by atoms with E-state index in [0.29, 0.717) is 37.5 Å². The molecule has 7 heteroatoms. The van der Waals surface area contributed by atoms with Gasteiger partial charge in [-0.2, -0.15) is 0 Å². The van der Waals surface area contributed by atoms with Crippen LogP contribution in [0.4, 0.5) is 5.69 Å². The number of aromatic nitrogens is 1. The van der Waals surface area contributed by atoms with Gasteiger partial charge in [0, 0.05) is 44.1 Å². The number of benzene rings is 1. The number of thiophene rings is 1. The Balaban J connectivity index is 1.61. The zero-order valence-electron chi connectivity index (χ0n) is 16.0. The highest BCUT2D eigenvalue weighted by atomic mass is 32.1. The number of carbonyl (C=O) groups excluding carboxylic acids is 1. The van der Waals surface area contributed by atoms with Gasteiger partial charge in [0.15, 0.2) is 12.0 Å². The topological polar surface area (TPSA) is 69.7 Å². The van der Waals surface area contributed by atoms with E-state index in [1.165, 1.54) is 11.3 Å². The molecule has 0 bridgehead atoms. The minimum Gasteiger partial charge on any atom is -0.421 e. The minimum absolute atomic E-state index is 0.226. The van der Waals surface area contributed by atoms with Crippen molar-refractivity contribution in [2.24, 2.45) is 0 Å². The Morgan fingerprint density at radius 1 is 1.18 bits per heavy atom. The maximum atomic E-state index is 12.6. The third kappa shape index (κ3) is 5.28. The second-order valence-corrected chi connectivity index (χ2v) is 6.89. The lowest BCUT2D eigenvalue weighted by molar-refractivity contribution is -0.137. The fourth-order valence-electron chi connectivity index (χ4n) is 2.77. The van der Waals surface area contributed by atoms with Crippen LogP contribution in [0, 0.1) is 0 Å². The number of hydrogen-bond acceptors (Lipinski definition) is 7. The van der Waals surface area contributed by atoms with Gasteiger partial charge in [-0.3, -0.25) is 4.98 Å². The van der Waals surface area contributed by atoms with E-state index in [1.54, 1.807) is 24.4 Å². The summed E-state index contributed by atoms with van der Waals surface area (Å²) in [6.07, 6.45) is 2.13. The molecule has 0 spiro atoms. The lowest BCUT2D eigenvalue weighted by Crippen LogP contribution is -2.21. The van der Waals surface area contributed by atoms with Gasteiger partial charge in [0.1, 0.15) is 0 Å². The summed E-state index contributed by atoms with van der Waals surface area (Å²) in [6, 6.07) is 10.9. The molecule has 6 nitrogen and oxygen atoms in total. The fraction of sp³-hybridized carbons (Fsp3) is 0.333. The largest absolute Gasteiger partial charge is 0.421 e. The maximum Gasteiger partial charge on any atom is 0.343 e. The van der Waals surface area contributed by atoms with Crippen molar-refractivity contribution in [3.8, 4) is 5.75 Å². The van der Waals surface area contributed by atoms with Crippen LogP contribution < -0.4 is 10.1 Å². The van der Waals surface area contributed by atoms with E-state index in [1.807, 2.05) is 37.4 Å². The highest BCUT2D eigenvalue weighted by Gasteiger charge is 2.13. The highest BCUT2D eigenvalue weighted by molar-refractivity contribution is 7.17. The van der Waals surface area contributed by atoms with Crippen LogP contribution in [-0.2, 0) is 9.47 Å². The summed E-state index contributed by atoms with van der Waals surface area (Å²) in [7, 11) is 0. The first-order valence-corrected chi connectivity index (χ1v) is 10.2. The van der Waals surface area contributed by atoms with Gasteiger partial charge >= 0.3 is 5.97 Å². The van der Waals surface area contributed by atoms with Gasteiger partial charge in [-0.25, -0.2) is 4.79 Å². The standard InChI is InChI=1S/C21H24N2O4S/c1-3-25-19(26-4-2)9-12-22-16-7-5-6-15(14-16)21(24)27-18-8-11-23-17-10-13-28-20(17)18/h5-8,10-11,13-14,19,22H,3-4,9,12H2,1-2H3. The Morgan fingerprint density at radius 2 is 2.00 bits per heavy atom. The summed E-state index contributed by atoms with van der Waals surface area (Å²) in [5.74, 6) is 0.130. The first kappa shape index (κ1) is 20.3. The van der Waals surface area contributed by atoms with Crippen molar-refractivity contribution in [1.29, 1.82) is 0 Å². The van der Waals surface area contributed by atoms with Crippen LogP contribution in [0.15, 0.2) is 48.0 Å². The van der Waals surface area contributed by atoms with Gasteiger partial charge in [-0.05, 0) is 43.5 Å². The lowest BCUT2D eigenvalue weighted by atomic mass is 10.2. The zero-order chi connectivity index (χ0) is 19.8. The molecule has 28 heavy (non-hydrogen) atoms. The molecule has 0 aliphatic carbocycles. The van der Waals surface area contributed by atoms with Crippen molar-refractivity contribution in [1.82, 2.24) is 4.98 Å². The van der Waals surface area contributed by atoms with E-state index in [4.69, 9.17) is 14.2 Å². The van der Waals surface area contributed by atoms with Crippen LogP contribution in [0.25, 0.3) is 10.2 Å². The van der Waals surface area contributed by atoms with Crippen molar-refractivity contribution >= 4 is 33.2 Å². The molecule has 0 atom stereocenters. The molecule has 0 aliphatic rings. The minimum atomic E-state index is -0.397. The number of fused-ring (bicyclic) bond motifs is 1. The van der Waals surface area contributed by atoms with Gasteiger partial charge < -0.3 is 19.5 Å². The Hall–Kier alpha value is -2.48. The predicted molar refractivity (Wildman–Crippen MR) is 111 cm³/mol. The monoisotopic (exact) mass is 400 g/mol. The molecule has 3 aromatic rings. The third-order valence-corrected chi connectivity index (χ3v) is 4.94. The zero-order valence-corrected chi connectivity index (χ0v) is 16.8. The van der Waals surface area contributed by atoms with E-state index < -0.39 is 5.97 Å². The summed E-state index contributed by atoms with van der Waals surface area (Å²) >= 11 is 1.50. The molecule has 0 saturated heterocycles. The SMILES string of the molecule is CCOC(CCNc1cccc(C(=O)Oc2ccnc3ccsc23)c1)OCC. The molecule has 0 radical (unpaired) electrons. The quantitative estimate of drug-likeness (QED) is 0.392. The smallest absolute Gasteiger partial charge is 0.343 e. The number of nitrogens with one attached hydrogen (secondary N) is 1. The molecule has 1 N–H and O–H groups in total. The second kappa shape index (κ2) is 10.2. The van der Waals surface area contributed by atoms with Gasteiger partial charge in [-0.1, -0.05) is 6.07 Å². The normalized spacial score (nSPS) is 11.1. The highest BCUT2D eigenvalue weighted by Crippen LogP contribution is 2.29. The third-order valence-electron chi connectivity index (χ3n) is 4.02. The van der Waals surface area contributed by atoms with Crippen LogP contribution in [-0.4, -0.2) is 37.0 Å². The summed E-state index contributed by atoms with van der Waals surface area (Å²) in [5.41, 5.74) is 2.15. The fourth-order valence-corrected chi connectivity index (χ4v) is 3.57.